The molecule has 3 nitrogen and oxygen atoms in total. The number of nitrogens with zero attached hydrogens (tertiary/aromatic N) is 2. The Balaban J connectivity index is 2.92. The minimum Gasteiger partial charge on any atom is -0.324 e. The van der Waals surface area contributed by atoms with Gasteiger partial charge < -0.3 is 4.57 Å². The number of carbonyl (C=O) groups excluding carboxylic acids is 1. The van der Waals surface area contributed by atoms with Crippen molar-refractivity contribution in [1.82, 2.24) is 9.55 Å². The van der Waals surface area contributed by atoms with E-state index in [2.05, 4.69) is 20.9 Å². The predicted octanol–water partition coefficient (Wildman–Crippen LogP) is 2.46. The molecule has 0 aliphatic rings. The molecule has 4 heteroatoms. The molecule has 0 atom stereocenters. The molecule has 0 bridgehead atoms. The number of hydrogen-bond acceptors (Lipinski definition) is 2. The topological polar surface area (TPSA) is 34.9 Å². The van der Waals surface area contributed by atoms with Crippen molar-refractivity contribution >= 4 is 33.2 Å². The molecule has 0 saturated carbocycles. The van der Waals surface area contributed by atoms with Gasteiger partial charge in [0, 0.05) is 11.5 Å². The first-order chi connectivity index (χ1) is 6.63. The number of carbonyl (C=O) groups is 1. The van der Waals surface area contributed by atoms with Crippen molar-refractivity contribution < 1.29 is 4.79 Å². The number of aryl methyl sites for hydroxylation is 2. The Bertz CT molecular complexity index is 516. The molecule has 0 amide bonds. The number of imidazole rings is 1. The van der Waals surface area contributed by atoms with Crippen LogP contribution in [0.25, 0.3) is 11.0 Å². The molecule has 0 unspecified atom stereocenters. The van der Waals surface area contributed by atoms with Gasteiger partial charge in [0.2, 0.25) is 0 Å². The number of benzene rings is 1. The Kier molecular flexibility index (Phi) is 2.15. The Labute approximate surface area is 89.9 Å². The van der Waals surface area contributed by atoms with Gasteiger partial charge in [-0.2, -0.15) is 0 Å². The second kappa shape index (κ2) is 3.20. The summed E-state index contributed by atoms with van der Waals surface area (Å²) in [6, 6.07) is 3.98. The highest BCUT2D eigenvalue weighted by molar-refractivity contribution is 9.10. The highest BCUT2D eigenvalue weighted by Crippen LogP contribution is 2.25. The molecule has 0 fully saturated rings. The molecule has 1 aromatic carbocycles. The molecular weight excluding hydrogens is 244 g/mol. The summed E-state index contributed by atoms with van der Waals surface area (Å²) in [6.07, 6.45) is 0.766. The van der Waals surface area contributed by atoms with Crippen LogP contribution in [0.5, 0.6) is 0 Å². The smallest absolute Gasteiger partial charge is 0.185 e. The van der Waals surface area contributed by atoms with Crippen LogP contribution < -0.4 is 0 Å². The van der Waals surface area contributed by atoms with Gasteiger partial charge in [-0.05, 0) is 40.5 Å². The average Bonchev–Trinajstić information content (AvgIpc) is 2.42. The summed E-state index contributed by atoms with van der Waals surface area (Å²) >= 11 is 3.46. The van der Waals surface area contributed by atoms with Gasteiger partial charge in [-0.1, -0.05) is 0 Å². The molecule has 0 radical (unpaired) electrons. The van der Waals surface area contributed by atoms with E-state index in [9.17, 15) is 4.79 Å². The molecule has 1 heterocycles. The zero-order valence-electron chi connectivity index (χ0n) is 7.91. The van der Waals surface area contributed by atoms with E-state index in [4.69, 9.17) is 0 Å². The van der Waals surface area contributed by atoms with E-state index >= 15 is 0 Å². The highest BCUT2D eigenvalue weighted by atomic mass is 79.9. The van der Waals surface area contributed by atoms with Gasteiger partial charge in [0.25, 0.3) is 0 Å². The normalized spacial score (nSPS) is 10.8. The van der Waals surface area contributed by atoms with Crippen LogP contribution in [0.3, 0.4) is 0 Å². The first-order valence-corrected chi connectivity index (χ1v) is 5.00. The number of hydrogen-bond donors (Lipinski definition) is 0. The third-order valence-corrected chi connectivity index (χ3v) is 2.81. The predicted molar refractivity (Wildman–Crippen MR) is 58.5 cm³/mol. The fraction of sp³-hybridized carbons (Fsp3) is 0.200. The monoisotopic (exact) mass is 252 g/mol. The Morgan fingerprint density at radius 2 is 2.21 bits per heavy atom. The molecule has 2 aromatic rings. The van der Waals surface area contributed by atoms with Crippen LogP contribution >= 0.6 is 15.9 Å². The third kappa shape index (κ3) is 1.26. The van der Waals surface area contributed by atoms with Gasteiger partial charge in [0.15, 0.2) is 12.1 Å². The van der Waals surface area contributed by atoms with Crippen molar-refractivity contribution in [3.8, 4) is 0 Å². The summed E-state index contributed by atoms with van der Waals surface area (Å²) in [6.45, 7) is 2.00. The lowest BCUT2D eigenvalue weighted by Gasteiger charge is -1.99. The largest absolute Gasteiger partial charge is 0.324 e. The summed E-state index contributed by atoms with van der Waals surface area (Å²) in [5.41, 5.74) is 2.93. The number of fused-ring (bicyclic) bond motifs is 1. The molecular formula is C10H9BrN2O. The fourth-order valence-corrected chi connectivity index (χ4v) is 2.38. The maximum Gasteiger partial charge on any atom is 0.185 e. The summed E-state index contributed by atoms with van der Waals surface area (Å²) in [7, 11) is 1.83. The molecule has 0 spiro atoms. The van der Waals surface area contributed by atoms with Crippen LogP contribution in [0.1, 0.15) is 16.2 Å². The van der Waals surface area contributed by atoms with E-state index in [1.807, 2.05) is 26.1 Å². The number of halogens is 1. The summed E-state index contributed by atoms with van der Waals surface area (Å²) in [5.74, 6) is 0.450. The van der Waals surface area contributed by atoms with Gasteiger partial charge in [0.1, 0.15) is 0 Å². The highest BCUT2D eigenvalue weighted by Gasteiger charge is 2.09. The minimum absolute atomic E-state index is 0.450. The molecule has 72 valence electrons. The summed E-state index contributed by atoms with van der Waals surface area (Å²) < 4.78 is 2.75. The lowest BCUT2D eigenvalue weighted by atomic mass is 10.2. The molecule has 14 heavy (non-hydrogen) atoms. The van der Waals surface area contributed by atoms with Crippen LogP contribution in [0.15, 0.2) is 16.6 Å². The van der Waals surface area contributed by atoms with Crippen LogP contribution in [-0.2, 0) is 7.05 Å². The Morgan fingerprint density at radius 1 is 1.50 bits per heavy atom. The van der Waals surface area contributed by atoms with Gasteiger partial charge >= 0.3 is 0 Å². The maximum absolute atomic E-state index is 10.7. The van der Waals surface area contributed by atoms with Gasteiger partial charge in [-0.25, -0.2) is 4.98 Å². The first-order valence-electron chi connectivity index (χ1n) is 4.21. The van der Waals surface area contributed by atoms with Crippen molar-refractivity contribution in [1.29, 1.82) is 0 Å². The number of aromatic nitrogens is 2. The second-order valence-electron chi connectivity index (χ2n) is 3.26. The minimum atomic E-state index is 0.450. The van der Waals surface area contributed by atoms with E-state index in [1.54, 1.807) is 4.57 Å². The molecule has 0 N–H and O–H groups in total. The molecule has 0 aliphatic carbocycles. The van der Waals surface area contributed by atoms with E-state index < -0.39 is 0 Å². The third-order valence-electron chi connectivity index (χ3n) is 2.21. The van der Waals surface area contributed by atoms with Crippen molar-refractivity contribution in [3.05, 3.63) is 28.0 Å². The lowest BCUT2D eigenvalue weighted by molar-refractivity contribution is 0.111. The number of aldehydes is 1. The van der Waals surface area contributed by atoms with E-state index in [1.165, 1.54) is 0 Å². The van der Waals surface area contributed by atoms with Crippen LogP contribution in [0.2, 0.25) is 0 Å². The van der Waals surface area contributed by atoms with Crippen LogP contribution in [0.4, 0.5) is 0 Å². The number of rotatable bonds is 1. The van der Waals surface area contributed by atoms with Gasteiger partial charge in [-0.15, -0.1) is 0 Å². The summed E-state index contributed by atoms with van der Waals surface area (Å²) in [5, 5.41) is 0. The lowest BCUT2D eigenvalue weighted by Crippen LogP contribution is -1.95. The van der Waals surface area contributed by atoms with E-state index in [0.29, 0.717) is 5.82 Å². The van der Waals surface area contributed by atoms with Crippen LogP contribution in [0, 0.1) is 6.92 Å². The Hall–Kier alpha value is -1.16. The maximum atomic E-state index is 10.7. The second-order valence-corrected chi connectivity index (χ2v) is 4.12. The first kappa shape index (κ1) is 9.40. The Morgan fingerprint density at radius 3 is 2.86 bits per heavy atom. The van der Waals surface area contributed by atoms with Crippen molar-refractivity contribution in [3.63, 3.8) is 0 Å². The standard InChI is InChI=1S/C10H9BrN2O/c1-6-3-7(11)10-8(4-6)12-9(5-14)13(10)2/h3-5H,1-2H3. The van der Waals surface area contributed by atoms with E-state index in [0.717, 1.165) is 27.4 Å². The van der Waals surface area contributed by atoms with Crippen molar-refractivity contribution in [2.75, 3.05) is 0 Å². The molecule has 0 saturated heterocycles. The fourth-order valence-electron chi connectivity index (χ4n) is 1.55. The zero-order chi connectivity index (χ0) is 10.3. The van der Waals surface area contributed by atoms with Crippen molar-refractivity contribution in [2.45, 2.75) is 6.92 Å². The van der Waals surface area contributed by atoms with Gasteiger partial charge in [-0.3, -0.25) is 4.79 Å². The molecule has 2 rings (SSSR count). The quantitative estimate of drug-likeness (QED) is 0.731. The average molecular weight is 253 g/mol. The molecule has 0 aliphatic heterocycles. The zero-order valence-corrected chi connectivity index (χ0v) is 9.50. The van der Waals surface area contributed by atoms with Gasteiger partial charge in [0.05, 0.1) is 11.0 Å². The summed E-state index contributed by atoms with van der Waals surface area (Å²) in [4.78, 5) is 14.9. The van der Waals surface area contributed by atoms with Crippen molar-refractivity contribution in [2.24, 2.45) is 7.05 Å². The van der Waals surface area contributed by atoms with Crippen LogP contribution in [-0.4, -0.2) is 15.8 Å². The SMILES string of the molecule is Cc1cc(Br)c2c(c1)nc(C=O)n2C. The molecule has 1 aromatic heterocycles. The van der Waals surface area contributed by atoms with E-state index in [-0.39, 0.29) is 0 Å².